The standard InChI is InChI=1S/C14H19NO5S2/c1-14(6-4-3-5-10(14)13(17)18)15-12(16)9-7-11(21-8-9)22(2,19)20/h7-8,10H,3-6H2,1-2H3,(H,15,16)(H,17,18)/t10-,14-/m0/s1. The van der Waals surface area contributed by atoms with E-state index in [2.05, 4.69) is 5.32 Å². The molecule has 22 heavy (non-hydrogen) atoms. The Labute approximate surface area is 133 Å². The first kappa shape index (κ1) is 17.0. The Morgan fingerprint density at radius 1 is 1.41 bits per heavy atom. The molecule has 1 aromatic heterocycles. The molecule has 6 nitrogen and oxygen atoms in total. The smallest absolute Gasteiger partial charge is 0.308 e. The van der Waals surface area contributed by atoms with Crippen LogP contribution in [0, 0.1) is 5.92 Å². The van der Waals surface area contributed by atoms with Crippen molar-refractivity contribution < 1.29 is 23.1 Å². The summed E-state index contributed by atoms with van der Waals surface area (Å²) in [6, 6.07) is 1.33. The van der Waals surface area contributed by atoms with Crippen molar-refractivity contribution in [2.45, 2.75) is 42.4 Å². The van der Waals surface area contributed by atoms with Crippen LogP contribution < -0.4 is 5.32 Å². The minimum absolute atomic E-state index is 0.126. The summed E-state index contributed by atoms with van der Waals surface area (Å²) in [4.78, 5) is 23.7. The van der Waals surface area contributed by atoms with E-state index in [-0.39, 0.29) is 9.77 Å². The Morgan fingerprint density at radius 3 is 2.64 bits per heavy atom. The number of hydrogen-bond acceptors (Lipinski definition) is 5. The van der Waals surface area contributed by atoms with Crippen molar-refractivity contribution in [3.63, 3.8) is 0 Å². The normalized spacial score (nSPS) is 25.6. The summed E-state index contributed by atoms with van der Waals surface area (Å²) < 4.78 is 23.1. The van der Waals surface area contributed by atoms with Crippen LogP contribution in [0.25, 0.3) is 0 Å². The average Bonchev–Trinajstić information content (AvgIpc) is 2.87. The molecule has 0 radical (unpaired) electrons. The van der Waals surface area contributed by atoms with E-state index < -0.39 is 33.2 Å². The fourth-order valence-electron chi connectivity index (χ4n) is 2.84. The van der Waals surface area contributed by atoms with Crippen molar-refractivity contribution in [3.05, 3.63) is 17.0 Å². The Kier molecular flexibility index (Phi) is 4.62. The Hall–Kier alpha value is -1.41. The third-order valence-electron chi connectivity index (χ3n) is 4.11. The number of rotatable bonds is 4. The highest BCUT2D eigenvalue weighted by Crippen LogP contribution is 2.34. The number of amides is 1. The molecule has 1 saturated carbocycles. The zero-order valence-corrected chi connectivity index (χ0v) is 14.1. The van der Waals surface area contributed by atoms with E-state index in [9.17, 15) is 23.1 Å². The van der Waals surface area contributed by atoms with Gasteiger partial charge >= 0.3 is 5.97 Å². The van der Waals surface area contributed by atoms with Crippen molar-refractivity contribution in [1.82, 2.24) is 5.32 Å². The van der Waals surface area contributed by atoms with Gasteiger partial charge in [-0.3, -0.25) is 9.59 Å². The monoisotopic (exact) mass is 345 g/mol. The number of carbonyl (C=O) groups excluding carboxylic acids is 1. The van der Waals surface area contributed by atoms with Gasteiger partial charge in [-0.15, -0.1) is 11.3 Å². The zero-order chi connectivity index (χ0) is 16.5. The minimum Gasteiger partial charge on any atom is -0.481 e. The molecule has 1 amide bonds. The Balaban J connectivity index is 2.20. The Morgan fingerprint density at radius 2 is 2.09 bits per heavy atom. The maximum absolute atomic E-state index is 12.3. The molecule has 0 bridgehead atoms. The summed E-state index contributed by atoms with van der Waals surface area (Å²) in [5.74, 6) is -1.97. The molecule has 2 atom stereocenters. The molecule has 8 heteroatoms. The van der Waals surface area contributed by atoms with E-state index in [0.717, 1.165) is 30.4 Å². The van der Waals surface area contributed by atoms with Gasteiger partial charge in [-0.1, -0.05) is 12.8 Å². The second kappa shape index (κ2) is 6.00. The number of aliphatic carboxylic acids is 1. The molecular formula is C14H19NO5S2. The lowest BCUT2D eigenvalue weighted by Crippen LogP contribution is -2.55. The molecular weight excluding hydrogens is 326 g/mol. The van der Waals surface area contributed by atoms with Gasteiger partial charge in [0.1, 0.15) is 4.21 Å². The van der Waals surface area contributed by atoms with E-state index in [0.29, 0.717) is 12.8 Å². The van der Waals surface area contributed by atoms with Crippen LogP contribution in [0.2, 0.25) is 0 Å². The van der Waals surface area contributed by atoms with Crippen LogP contribution in [0.3, 0.4) is 0 Å². The second-order valence-corrected chi connectivity index (χ2v) is 9.09. The van der Waals surface area contributed by atoms with Gasteiger partial charge in [-0.25, -0.2) is 8.42 Å². The van der Waals surface area contributed by atoms with Crippen LogP contribution in [-0.2, 0) is 14.6 Å². The van der Waals surface area contributed by atoms with Crippen molar-refractivity contribution in [3.8, 4) is 0 Å². The summed E-state index contributed by atoms with van der Waals surface area (Å²) >= 11 is 0.988. The highest BCUT2D eigenvalue weighted by molar-refractivity contribution is 7.92. The molecule has 122 valence electrons. The van der Waals surface area contributed by atoms with Crippen molar-refractivity contribution in [2.75, 3.05) is 6.26 Å². The maximum Gasteiger partial charge on any atom is 0.308 e. The maximum atomic E-state index is 12.3. The van der Waals surface area contributed by atoms with Gasteiger partial charge in [0.05, 0.1) is 17.0 Å². The van der Waals surface area contributed by atoms with Gasteiger partial charge in [-0.2, -0.15) is 0 Å². The van der Waals surface area contributed by atoms with Crippen LogP contribution in [-0.4, -0.2) is 37.2 Å². The van der Waals surface area contributed by atoms with E-state index in [1.54, 1.807) is 6.92 Å². The summed E-state index contributed by atoms with van der Waals surface area (Å²) in [7, 11) is -3.34. The van der Waals surface area contributed by atoms with Gasteiger partial charge in [-0.05, 0) is 25.8 Å². The molecule has 0 saturated heterocycles. The lowest BCUT2D eigenvalue weighted by molar-refractivity contribution is -0.145. The summed E-state index contributed by atoms with van der Waals surface area (Å²) in [5, 5.41) is 13.6. The van der Waals surface area contributed by atoms with Crippen LogP contribution in [0.4, 0.5) is 0 Å². The third kappa shape index (κ3) is 3.49. The van der Waals surface area contributed by atoms with Crippen molar-refractivity contribution in [2.24, 2.45) is 5.92 Å². The SMILES string of the molecule is C[C@]1(NC(=O)c2csc(S(C)(=O)=O)c2)CCCC[C@H]1C(=O)O. The molecule has 0 spiro atoms. The highest BCUT2D eigenvalue weighted by Gasteiger charge is 2.42. The predicted octanol–water partition coefficient (Wildman–Crippen LogP) is 1.91. The van der Waals surface area contributed by atoms with Gasteiger partial charge in [0.15, 0.2) is 9.84 Å². The molecule has 2 rings (SSSR count). The van der Waals surface area contributed by atoms with Gasteiger partial charge in [0.2, 0.25) is 0 Å². The minimum atomic E-state index is -3.34. The predicted molar refractivity (Wildman–Crippen MR) is 82.9 cm³/mol. The quantitative estimate of drug-likeness (QED) is 0.868. The molecule has 0 aromatic carbocycles. The largest absolute Gasteiger partial charge is 0.481 e. The first-order chi connectivity index (χ1) is 10.1. The lowest BCUT2D eigenvalue weighted by Gasteiger charge is -2.39. The van der Waals surface area contributed by atoms with Crippen molar-refractivity contribution >= 4 is 33.1 Å². The van der Waals surface area contributed by atoms with E-state index in [4.69, 9.17) is 0 Å². The average molecular weight is 345 g/mol. The van der Waals surface area contributed by atoms with E-state index in [1.807, 2.05) is 0 Å². The molecule has 0 aliphatic heterocycles. The fourth-order valence-corrected chi connectivity index (χ4v) is 4.64. The van der Waals surface area contributed by atoms with Crippen LogP contribution in [0.1, 0.15) is 43.0 Å². The number of carboxylic acid groups (broad SMARTS) is 1. The van der Waals surface area contributed by atoms with Crippen molar-refractivity contribution in [1.29, 1.82) is 0 Å². The summed E-state index contributed by atoms with van der Waals surface area (Å²) in [5.41, 5.74) is -0.560. The summed E-state index contributed by atoms with van der Waals surface area (Å²) in [6.07, 6.45) is 3.91. The van der Waals surface area contributed by atoms with Gasteiger partial charge < -0.3 is 10.4 Å². The highest BCUT2D eigenvalue weighted by atomic mass is 32.2. The number of sulfone groups is 1. The first-order valence-electron chi connectivity index (χ1n) is 6.97. The third-order valence-corrected chi connectivity index (χ3v) is 6.88. The van der Waals surface area contributed by atoms with Crippen LogP contribution in [0.5, 0.6) is 0 Å². The number of thiophene rings is 1. The zero-order valence-electron chi connectivity index (χ0n) is 12.5. The van der Waals surface area contributed by atoms with Gasteiger partial charge in [0.25, 0.3) is 5.91 Å². The number of nitrogens with one attached hydrogen (secondary N) is 1. The van der Waals surface area contributed by atoms with Gasteiger partial charge in [0, 0.05) is 11.6 Å². The summed E-state index contributed by atoms with van der Waals surface area (Å²) in [6.45, 7) is 1.74. The lowest BCUT2D eigenvalue weighted by atomic mass is 9.74. The molecule has 1 aliphatic carbocycles. The van der Waals surface area contributed by atoms with Crippen LogP contribution >= 0.6 is 11.3 Å². The van der Waals surface area contributed by atoms with E-state index in [1.165, 1.54) is 11.4 Å². The molecule has 1 aliphatic rings. The number of carboxylic acids is 1. The molecule has 1 fully saturated rings. The fraction of sp³-hybridized carbons (Fsp3) is 0.571. The van der Waals surface area contributed by atoms with Crippen LogP contribution in [0.15, 0.2) is 15.7 Å². The number of carbonyl (C=O) groups is 2. The molecule has 0 unspecified atom stereocenters. The second-order valence-electron chi connectivity index (χ2n) is 5.93. The number of hydrogen-bond donors (Lipinski definition) is 2. The molecule has 1 heterocycles. The topological polar surface area (TPSA) is 101 Å². The molecule has 1 aromatic rings. The first-order valence-corrected chi connectivity index (χ1v) is 9.74. The Bertz CT molecular complexity index is 694. The molecule has 2 N–H and O–H groups in total. The van der Waals surface area contributed by atoms with E-state index >= 15 is 0 Å².